The predicted molar refractivity (Wildman–Crippen MR) is 136 cm³/mol. The van der Waals surface area contributed by atoms with E-state index in [1.165, 1.54) is 41.3 Å². The van der Waals surface area contributed by atoms with Crippen LogP contribution >= 0.6 is 0 Å². The number of amides is 1. The highest BCUT2D eigenvalue weighted by Crippen LogP contribution is 2.45. The molecule has 4 aromatic carbocycles. The number of nitrogens with zero attached hydrogens (tertiary/aromatic N) is 3. The van der Waals surface area contributed by atoms with Gasteiger partial charge in [-0.05, 0) is 23.3 Å². The summed E-state index contributed by atoms with van der Waals surface area (Å²) in [7, 11) is 0. The fourth-order valence-corrected chi connectivity index (χ4v) is 4.83. The largest absolute Gasteiger partial charge is 0.416 e. The van der Waals surface area contributed by atoms with E-state index >= 15 is 0 Å². The maximum atomic E-state index is 14.2. The molecule has 0 fully saturated rings. The van der Waals surface area contributed by atoms with Crippen molar-refractivity contribution in [2.45, 2.75) is 25.4 Å². The third kappa shape index (κ3) is 4.82. The lowest BCUT2D eigenvalue weighted by molar-refractivity contribution is -0.384. The van der Waals surface area contributed by atoms with Crippen LogP contribution in [-0.2, 0) is 19.3 Å². The summed E-state index contributed by atoms with van der Waals surface area (Å²) in [5.41, 5.74) is 0.709. The lowest BCUT2D eigenvalue weighted by Gasteiger charge is -2.46. The monoisotopic (exact) mass is 517 g/mol. The molecule has 192 valence electrons. The summed E-state index contributed by atoms with van der Waals surface area (Å²) in [6.45, 7) is 0.172. The van der Waals surface area contributed by atoms with Crippen LogP contribution < -0.4 is 4.90 Å². The molecule has 0 bridgehead atoms. The number of nitro groups is 1. The summed E-state index contributed by atoms with van der Waals surface area (Å²) >= 11 is 0. The molecule has 0 radical (unpaired) electrons. The van der Waals surface area contributed by atoms with E-state index in [4.69, 9.17) is 0 Å². The van der Waals surface area contributed by atoms with Crippen LogP contribution in [0, 0.1) is 10.1 Å². The van der Waals surface area contributed by atoms with Crippen molar-refractivity contribution in [3.63, 3.8) is 0 Å². The molecule has 0 saturated carbocycles. The van der Waals surface area contributed by atoms with E-state index in [1.807, 2.05) is 30.3 Å². The number of anilines is 1. The van der Waals surface area contributed by atoms with Crippen LogP contribution in [0.2, 0.25) is 0 Å². The first-order valence-corrected chi connectivity index (χ1v) is 11.8. The molecular formula is C29H22F3N3O3. The highest BCUT2D eigenvalue weighted by molar-refractivity contribution is 6.02. The first-order valence-electron chi connectivity index (χ1n) is 11.8. The van der Waals surface area contributed by atoms with Crippen molar-refractivity contribution in [2.24, 2.45) is 0 Å². The number of non-ortho nitro benzene ring substituents is 1. The van der Waals surface area contributed by atoms with Crippen molar-refractivity contribution in [1.82, 2.24) is 4.90 Å². The van der Waals surface area contributed by atoms with Gasteiger partial charge in [-0.15, -0.1) is 0 Å². The standard InChI is InChI=1S/C29H22F3N3O3/c30-29(31,32)25-14-8-7-13-23(25)27-33(18-20-9-3-1-4-10-20)26-16-15-22(35(37)38)17-24(26)28(36)34(27)19-21-11-5-2-6-12-21/h1-17,27H,18-19H2/t27-/m0/s1. The van der Waals surface area contributed by atoms with Crippen molar-refractivity contribution in [2.75, 3.05) is 4.90 Å². The summed E-state index contributed by atoms with van der Waals surface area (Å²) in [6.07, 6.45) is -5.79. The quantitative estimate of drug-likeness (QED) is 0.205. The maximum absolute atomic E-state index is 14.2. The highest BCUT2D eigenvalue weighted by atomic mass is 19.4. The second-order valence-electron chi connectivity index (χ2n) is 8.95. The van der Waals surface area contributed by atoms with Gasteiger partial charge < -0.3 is 9.80 Å². The van der Waals surface area contributed by atoms with Crippen LogP contribution in [0.15, 0.2) is 103 Å². The number of alkyl halides is 3. The van der Waals surface area contributed by atoms with Crippen LogP contribution in [0.4, 0.5) is 24.5 Å². The Morgan fingerprint density at radius 2 is 1.32 bits per heavy atom. The zero-order valence-electron chi connectivity index (χ0n) is 20.0. The summed E-state index contributed by atoms with van der Waals surface area (Å²) in [4.78, 5) is 27.9. The maximum Gasteiger partial charge on any atom is 0.416 e. The minimum absolute atomic E-state index is 0.00392. The molecule has 4 aromatic rings. The molecule has 5 rings (SSSR count). The number of nitro benzene ring substituents is 1. The zero-order chi connectivity index (χ0) is 26.9. The van der Waals surface area contributed by atoms with Crippen molar-refractivity contribution in [1.29, 1.82) is 0 Å². The first-order chi connectivity index (χ1) is 18.2. The molecule has 0 spiro atoms. The Morgan fingerprint density at radius 1 is 0.763 bits per heavy atom. The average molecular weight is 518 g/mol. The van der Waals surface area contributed by atoms with E-state index in [0.717, 1.165) is 11.6 Å². The minimum atomic E-state index is -4.66. The van der Waals surface area contributed by atoms with E-state index < -0.39 is 28.7 Å². The van der Waals surface area contributed by atoms with E-state index in [1.54, 1.807) is 35.2 Å². The van der Waals surface area contributed by atoms with E-state index in [-0.39, 0.29) is 29.9 Å². The number of halogens is 3. The van der Waals surface area contributed by atoms with Gasteiger partial charge in [0, 0.05) is 30.8 Å². The highest BCUT2D eigenvalue weighted by Gasteiger charge is 2.44. The SMILES string of the molecule is O=C1c2cc([N+](=O)[O-])ccc2N(Cc2ccccc2)[C@H](c2ccccc2C(F)(F)F)N1Cc1ccccc1. The Bertz CT molecular complexity index is 1480. The molecule has 1 amide bonds. The number of hydrogen-bond acceptors (Lipinski definition) is 4. The number of carbonyl (C=O) groups is 1. The fraction of sp³-hybridized carbons (Fsp3) is 0.138. The number of carbonyl (C=O) groups excluding carboxylic acids is 1. The molecule has 1 atom stereocenters. The molecule has 1 aliphatic rings. The Labute approximate surface area is 216 Å². The third-order valence-corrected chi connectivity index (χ3v) is 6.52. The van der Waals surface area contributed by atoms with Crippen LogP contribution in [0.1, 0.15) is 38.8 Å². The first kappa shape index (κ1) is 25.0. The normalized spacial score (nSPS) is 15.3. The minimum Gasteiger partial charge on any atom is -0.342 e. The Hall–Kier alpha value is -4.66. The molecule has 0 N–H and O–H groups in total. The number of benzene rings is 4. The van der Waals surface area contributed by atoms with E-state index in [2.05, 4.69) is 0 Å². The van der Waals surface area contributed by atoms with Gasteiger partial charge in [-0.1, -0.05) is 78.9 Å². The van der Waals surface area contributed by atoms with Gasteiger partial charge in [0.2, 0.25) is 0 Å². The zero-order valence-corrected chi connectivity index (χ0v) is 20.0. The number of fused-ring (bicyclic) bond motifs is 1. The summed E-state index contributed by atoms with van der Waals surface area (Å²) in [5, 5.41) is 11.5. The van der Waals surface area contributed by atoms with Crippen LogP contribution in [0.25, 0.3) is 0 Å². The molecule has 0 aromatic heterocycles. The molecule has 0 aliphatic carbocycles. The average Bonchev–Trinajstić information content (AvgIpc) is 2.92. The Morgan fingerprint density at radius 3 is 1.89 bits per heavy atom. The Kier molecular flexibility index (Phi) is 6.59. The molecule has 0 unspecified atom stereocenters. The lowest BCUT2D eigenvalue weighted by Crippen LogP contribution is -2.49. The molecule has 0 saturated heterocycles. The van der Waals surface area contributed by atoms with Crippen molar-refractivity contribution < 1.29 is 22.9 Å². The van der Waals surface area contributed by atoms with Gasteiger partial charge in [0.1, 0.15) is 6.17 Å². The van der Waals surface area contributed by atoms with Crippen LogP contribution in [0.3, 0.4) is 0 Å². The van der Waals surface area contributed by atoms with Gasteiger partial charge in [-0.25, -0.2) is 0 Å². The summed E-state index contributed by atoms with van der Waals surface area (Å²) in [5.74, 6) is -0.584. The van der Waals surface area contributed by atoms with Gasteiger partial charge in [-0.3, -0.25) is 14.9 Å². The van der Waals surface area contributed by atoms with E-state index in [0.29, 0.717) is 11.3 Å². The van der Waals surface area contributed by atoms with Crippen molar-refractivity contribution in [3.05, 3.63) is 141 Å². The Balaban J connectivity index is 1.76. The summed E-state index contributed by atoms with van der Waals surface area (Å²) < 4.78 is 42.7. The topological polar surface area (TPSA) is 66.7 Å². The van der Waals surface area contributed by atoms with Gasteiger partial charge in [0.05, 0.1) is 21.7 Å². The number of rotatable bonds is 6. The molecule has 6 nitrogen and oxygen atoms in total. The van der Waals surface area contributed by atoms with Gasteiger partial charge in [0.25, 0.3) is 11.6 Å². The van der Waals surface area contributed by atoms with Crippen LogP contribution in [-0.4, -0.2) is 15.7 Å². The molecule has 1 heterocycles. The van der Waals surface area contributed by atoms with Gasteiger partial charge in [-0.2, -0.15) is 13.2 Å². The van der Waals surface area contributed by atoms with Gasteiger partial charge >= 0.3 is 6.18 Å². The lowest BCUT2D eigenvalue weighted by atomic mass is 9.95. The van der Waals surface area contributed by atoms with E-state index in [9.17, 15) is 28.1 Å². The molecule has 9 heteroatoms. The second-order valence-corrected chi connectivity index (χ2v) is 8.95. The predicted octanol–water partition coefficient (Wildman–Crippen LogP) is 6.98. The third-order valence-electron chi connectivity index (χ3n) is 6.52. The molecular weight excluding hydrogens is 495 g/mol. The van der Waals surface area contributed by atoms with Crippen LogP contribution in [0.5, 0.6) is 0 Å². The summed E-state index contributed by atoms with van der Waals surface area (Å²) in [6, 6.07) is 27.2. The molecule has 38 heavy (non-hydrogen) atoms. The van der Waals surface area contributed by atoms with Gasteiger partial charge in [0.15, 0.2) is 0 Å². The second kappa shape index (κ2) is 10.0. The van der Waals surface area contributed by atoms with Crippen molar-refractivity contribution in [3.8, 4) is 0 Å². The number of hydrogen-bond donors (Lipinski definition) is 0. The smallest absolute Gasteiger partial charge is 0.342 e. The molecule has 1 aliphatic heterocycles. The fourth-order valence-electron chi connectivity index (χ4n) is 4.83. The van der Waals surface area contributed by atoms with Crippen molar-refractivity contribution >= 4 is 17.3 Å².